The van der Waals surface area contributed by atoms with Gasteiger partial charge in [0.1, 0.15) is 0 Å². The smallest absolute Gasteiger partial charge is 0.273 e. The topological polar surface area (TPSA) is 21.4 Å². The number of thioether (sulfide) groups is 1. The van der Waals surface area contributed by atoms with E-state index in [2.05, 4.69) is 12.1 Å². The van der Waals surface area contributed by atoms with Crippen LogP contribution < -0.4 is 0 Å². The van der Waals surface area contributed by atoms with Crippen molar-refractivity contribution in [3.05, 3.63) is 53.1 Å². The lowest BCUT2D eigenvalue weighted by atomic mass is 9.87. The second-order valence-corrected chi connectivity index (χ2v) is 5.62. The molecule has 0 atom stereocenters. The van der Waals surface area contributed by atoms with Crippen molar-refractivity contribution >= 4 is 23.1 Å². The van der Waals surface area contributed by atoms with Crippen LogP contribution in [0.15, 0.2) is 42.0 Å². The van der Waals surface area contributed by atoms with E-state index in [4.69, 9.17) is 0 Å². The van der Waals surface area contributed by atoms with Gasteiger partial charge in [-0.05, 0) is 47.6 Å². The zero-order chi connectivity index (χ0) is 11.7. The molecule has 2 aliphatic rings. The summed E-state index contributed by atoms with van der Waals surface area (Å²) in [6.07, 6.45) is 6.26. The Morgan fingerprint density at radius 1 is 0.941 bits per heavy atom. The van der Waals surface area contributed by atoms with Crippen molar-refractivity contribution in [2.45, 2.75) is 12.8 Å². The monoisotopic (exact) mass is 243 g/mol. The molecule has 1 aliphatic carbocycles. The molecule has 0 radical (unpaired) electrons. The van der Waals surface area contributed by atoms with E-state index in [1.807, 2.05) is 36.0 Å². The molecule has 17 heavy (non-hydrogen) atoms. The maximum atomic E-state index is 9.88. The van der Waals surface area contributed by atoms with E-state index in [-0.39, 0.29) is 0 Å². The number of benzene rings is 1. The number of ketones is 1. The van der Waals surface area contributed by atoms with E-state index in [1.165, 1.54) is 35.5 Å². The van der Waals surface area contributed by atoms with Crippen molar-refractivity contribution in [2.24, 2.45) is 0 Å². The molecule has 0 aromatic heterocycles. The van der Waals surface area contributed by atoms with Crippen LogP contribution in [0.25, 0.3) is 5.57 Å². The van der Waals surface area contributed by atoms with Gasteiger partial charge in [-0.2, -0.15) is 11.8 Å². The Morgan fingerprint density at radius 3 is 2.41 bits per heavy atom. The second kappa shape index (κ2) is 4.53. The molecule has 2 heteroatoms. The van der Waals surface area contributed by atoms with Crippen molar-refractivity contribution in [3.63, 3.8) is 0 Å². The summed E-state index contributed by atoms with van der Waals surface area (Å²) in [6, 6.07) is 8.13. The van der Waals surface area contributed by atoms with Crippen LogP contribution in [0.2, 0.25) is 0 Å². The minimum absolute atomic E-state index is 0.384. The predicted molar refractivity (Wildman–Crippen MR) is 75.1 cm³/mol. The van der Waals surface area contributed by atoms with Gasteiger partial charge in [-0.15, -0.1) is 0 Å². The highest BCUT2D eigenvalue weighted by atomic mass is 32.2. The van der Waals surface area contributed by atoms with E-state index >= 15 is 0 Å². The summed E-state index contributed by atoms with van der Waals surface area (Å²) in [4.78, 5) is 9.88. The third kappa shape index (κ3) is 1.98. The van der Waals surface area contributed by atoms with E-state index in [0.717, 1.165) is 5.56 Å². The summed E-state index contributed by atoms with van der Waals surface area (Å²) < 4.78 is 0. The highest BCUT2D eigenvalue weighted by Crippen LogP contribution is 2.34. The van der Waals surface area contributed by atoms with Gasteiger partial charge in [0.15, 0.2) is 0 Å². The van der Waals surface area contributed by atoms with Gasteiger partial charge >= 0.3 is 5.78 Å². The molecule has 86 valence electrons. The number of allylic oxidation sites excluding steroid dienone is 4. The zero-order valence-electron chi connectivity index (χ0n) is 9.65. The summed E-state index contributed by atoms with van der Waals surface area (Å²) in [6.45, 7) is 0. The standard InChI is InChI=1S/C15H14OS/c16-15-6-5-12(11-7-9-17-10-8-11)13-3-1-2-4-14(13)15/h1-6H,7-10H2/p+1. The van der Waals surface area contributed by atoms with Crippen LogP contribution in [-0.4, -0.2) is 22.1 Å². The molecule has 0 saturated carbocycles. The lowest BCUT2D eigenvalue weighted by molar-refractivity contribution is 0.681. The zero-order valence-corrected chi connectivity index (χ0v) is 10.5. The van der Waals surface area contributed by atoms with Gasteiger partial charge in [-0.1, -0.05) is 23.8 Å². The molecular weight excluding hydrogens is 228 g/mol. The average molecular weight is 243 g/mol. The number of carbonyl (C=O) groups excluding carboxylic acids is 1. The fraction of sp³-hybridized carbons (Fsp3) is 0.267. The molecule has 1 aromatic carbocycles. The second-order valence-electron chi connectivity index (χ2n) is 4.39. The van der Waals surface area contributed by atoms with Gasteiger partial charge in [0.25, 0.3) is 0 Å². The Hall–Kier alpha value is -1.28. The lowest BCUT2D eigenvalue weighted by Crippen LogP contribution is -2.09. The van der Waals surface area contributed by atoms with Crippen LogP contribution in [0.1, 0.15) is 24.0 Å². The first-order chi connectivity index (χ1) is 8.36. The molecule has 1 N–H and O–H groups in total. The van der Waals surface area contributed by atoms with E-state index < -0.39 is 0 Å². The molecule has 1 heterocycles. The quantitative estimate of drug-likeness (QED) is 0.640. The Morgan fingerprint density at radius 2 is 1.65 bits per heavy atom. The Labute approximate surface area is 106 Å². The molecule has 0 bridgehead atoms. The molecule has 1 aromatic rings. The Balaban J connectivity index is 2.13. The van der Waals surface area contributed by atoms with Gasteiger partial charge in [-0.3, -0.25) is 4.79 Å². The molecule has 0 unspecified atom stereocenters. The molecule has 1 aliphatic heterocycles. The first-order valence-corrected chi connectivity index (χ1v) is 7.15. The van der Waals surface area contributed by atoms with Crippen molar-refractivity contribution in [3.8, 4) is 0 Å². The number of hydrogen-bond donors (Lipinski definition) is 0. The molecule has 0 spiro atoms. The largest absolute Gasteiger partial charge is 0.347 e. The number of fused-ring (bicyclic) bond motifs is 1. The maximum Gasteiger partial charge on any atom is 0.347 e. The van der Waals surface area contributed by atoms with Gasteiger partial charge in [0.05, 0.1) is 5.56 Å². The SMILES string of the molecule is [OH+]=C1C=CC(=C2CCSCC2)c2ccccc21. The normalized spacial score (nSPS) is 19.4. The maximum absolute atomic E-state index is 9.88. The van der Waals surface area contributed by atoms with Crippen LogP contribution in [-0.2, 0) is 0 Å². The third-order valence-electron chi connectivity index (χ3n) is 3.38. The molecule has 0 amide bonds. The van der Waals surface area contributed by atoms with E-state index in [1.54, 1.807) is 5.57 Å². The number of rotatable bonds is 0. The minimum atomic E-state index is 0.384. The molecular formula is C15H15OS+. The van der Waals surface area contributed by atoms with Gasteiger partial charge in [-0.25, -0.2) is 0 Å². The fourth-order valence-corrected chi connectivity index (χ4v) is 3.46. The third-order valence-corrected chi connectivity index (χ3v) is 4.36. The highest BCUT2D eigenvalue weighted by molar-refractivity contribution is 7.99. The van der Waals surface area contributed by atoms with Crippen molar-refractivity contribution in [1.29, 1.82) is 0 Å². The average Bonchev–Trinajstić information content (AvgIpc) is 2.41. The summed E-state index contributed by atoms with van der Waals surface area (Å²) >= 11 is 2.03. The van der Waals surface area contributed by atoms with Crippen LogP contribution in [0.4, 0.5) is 0 Å². The molecule has 1 saturated heterocycles. The van der Waals surface area contributed by atoms with Crippen molar-refractivity contribution < 1.29 is 4.79 Å². The Bertz CT molecular complexity index is 517. The van der Waals surface area contributed by atoms with Gasteiger partial charge in [0, 0.05) is 6.08 Å². The fourth-order valence-electron chi connectivity index (χ4n) is 2.48. The van der Waals surface area contributed by atoms with Crippen LogP contribution in [0.3, 0.4) is 0 Å². The first kappa shape index (κ1) is 10.8. The summed E-state index contributed by atoms with van der Waals surface area (Å²) in [5, 5.41) is 0. The summed E-state index contributed by atoms with van der Waals surface area (Å²) in [7, 11) is 0. The minimum Gasteiger partial charge on any atom is -0.273 e. The summed E-state index contributed by atoms with van der Waals surface area (Å²) in [5.74, 6) is 2.84. The number of hydrogen-bond acceptors (Lipinski definition) is 1. The van der Waals surface area contributed by atoms with Gasteiger partial charge < -0.3 is 0 Å². The summed E-state index contributed by atoms with van der Waals surface area (Å²) in [5.41, 5.74) is 5.03. The van der Waals surface area contributed by atoms with Crippen molar-refractivity contribution in [2.75, 3.05) is 11.5 Å². The van der Waals surface area contributed by atoms with E-state index in [9.17, 15) is 4.79 Å². The van der Waals surface area contributed by atoms with Crippen LogP contribution >= 0.6 is 11.8 Å². The lowest BCUT2D eigenvalue weighted by Gasteiger charge is -2.19. The van der Waals surface area contributed by atoms with Crippen LogP contribution in [0, 0.1) is 0 Å². The Kier molecular flexibility index (Phi) is 2.89. The first-order valence-electron chi connectivity index (χ1n) is 6.00. The molecule has 1 fully saturated rings. The van der Waals surface area contributed by atoms with E-state index in [0.29, 0.717) is 5.78 Å². The van der Waals surface area contributed by atoms with Crippen LogP contribution in [0.5, 0.6) is 0 Å². The molecule has 3 rings (SSSR count). The van der Waals surface area contributed by atoms with Gasteiger partial charge in [0.2, 0.25) is 0 Å². The predicted octanol–water partition coefficient (Wildman–Crippen LogP) is 3.43. The van der Waals surface area contributed by atoms with Crippen molar-refractivity contribution in [1.82, 2.24) is 0 Å². The highest BCUT2D eigenvalue weighted by Gasteiger charge is 2.22. The molecule has 1 nitrogen and oxygen atoms in total.